The molecule has 10 heteroatoms. The van der Waals surface area contributed by atoms with E-state index in [1.165, 1.54) is 0 Å². The number of aliphatic imine (C=N–C) groups is 2. The first kappa shape index (κ1) is 19.7. The number of nitrogens with zero attached hydrogens (tertiary/aromatic N) is 3. The van der Waals surface area contributed by atoms with Gasteiger partial charge in [0.2, 0.25) is 16.0 Å². The molecule has 1 rings (SSSR count). The van der Waals surface area contributed by atoms with Crippen molar-refractivity contribution in [1.29, 1.82) is 0 Å². The van der Waals surface area contributed by atoms with Gasteiger partial charge in [-0.05, 0) is 37.6 Å². The lowest BCUT2D eigenvalue weighted by Crippen LogP contribution is -2.34. The van der Waals surface area contributed by atoms with Gasteiger partial charge >= 0.3 is 0 Å². The Hall–Kier alpha value is -2.33. The van der Waals surface area contributed by atoms with Crippen LogP contribution in [0.3, 0.4) is 0 Å². The Bertz CT molecular complexity index is 725. The number of rotatable bonds is 7. The molecule has 0 aliphatic rings. The summed E-state index contributed by atoms with van der Waals surface area (Å²) in [4.78, 5) is 9.89. The third kappa shape index (κ3) is 6.84. The number of hydrogen-bond acceptors (Lipinski definition) is 4. The fourth-order valence-corrected chi connectivity index (χ4v) is 2.54. The Morgan fingerprint density at radius 3 is 2.46 bits per heavy atom. The largest absolute Gasteiger partial charge is 0.370 e. The Labute approximate surface area is 142 Å². The minimum absolute atomic E-state index is 0.0180. The zero-order valence-electron chi connectivity index (χ0n) is 14.2. The highest BCUT2D eigenvalue weighted by Crippen LogP contribution is 2.24. The number of nitrogens with one attached hydrogen (secondary N) is 1. The molecular weight excluding hydrogens is 330 g/mol. The number of anilines is 1. The highest BCUT2D eigenvalue weighted by molar-refractivity contribution is 7.88. The van der Waals surface area contributed by atoms with Crippen molar-refractivity contribution in [3.05, 3.63) is 23.8 Å². The maximum absolute atomic E-state index is 11.1. The molecule has 0 aliphatic heterocycles. The van der Waals surface area contributed by atoms with Crippen molar-refractivity contribution in [2.45, 2.75) is 13.8 Å². The minimum atomic E-state index is -3.19. The number of benzene rings is 1. The molecule has 0 aliphatic carbocycles. The van der Waals surface area contributed by atoms with Crippen LogP contribution >= 0.6 is 0 Å². The average Bonchev–Trinajstić information content (AvgIpc) is 2.44. The summed E-state index contributed by atoms with van der Waals surface area (Å²) in [7, 11) is -3.19. The second-order valence-corrected chi connectivity index (χ2v) is 7.06. The zero-order valence-corrected chi connectivity index (χ0v) is 15.0. The van der Waals surface area contributed by atoms with Crippen molar-refractivity contribution in [3.63, 3.8) is 0 Å². The van der Waals surface area contributed by atoms with Crippen LogP contribution in [0.1, 0.15) is 12.5 Å². The lowest BCUT2D eigenvalue weighted by molar-refractivity contribution is 0.587. The van der Waals surface area contributed by atoms with E-state index >= 15 is 0 Å². The van der Waals surface area contributed by atoms with Gasteiger partial charge < -0.3 is 22.1 Å². The van der Waals surface area contributed by atoms with Gasteiger partial charge in [0.05, 0.1) is 11.9 Å². The van der Waals surface area contributed by atoms with Crippen LogP contribution < -0.4 is 26.8 Å². The van der Waals surface area contributed by atoms with Crippen LogP contribution in [-0.4, -0.2) is 46.2 Å². The molecule has 1 aromatic rings. The Balaban J connectivity index is 2.90. The summed E-state index contributed by atoms with van der Waals surface area (Å²) in [6, 6.07) is 5.65. The van der Waals surface area contributed by atoms with Crippen LogP contribution in [-0.2, 0) is 10.0 Å². The number of sulfonamides is 1. The summed E-state index contributed by atoms with van der Waals surface area (Å²) < 4.78 is 24.7. The van der Waals surface area contributed by atoms with Crippen LogP contribution in [0, 0.1) is 6.92 Å². The summed E-state index contributed by atoms with van der Waals surface area (Å²) >= 11 is 0. The minimum Gasteiger partial charge on any atom is -0.370 e. The van der Waals surface area contributed by atoms with E-state index in [4.69, 9.17) is 17.2 Å². The summed E-state index contributed by atoms with van der Waals surface area (Å²) in [5, 5.41) is 0. The van der Waals surface area contributed by atoms with E-state index in [1.807, 2.05) is 32.0 Å². The Morgan fingerprint density at radius 2 is 1.96 bits per heavy atom. The molecule has 9 nitrogen and oxygen atoms in total. The van der Waals surface area contributed by atoms with Gasteiger partial charge in [-0.2, -0.15) is 4.99 Å². The fourth-order valence-electron chi connectivity index (χ4n) is 2.08. The second-order valence-electron chi connectivity index (χ2n) is 5.22. The van der Waals surface area contributed by atoms with E-state index in [0.29, 0.717) is 18.8 Å². The van der Waals surface area contributed by atoms with Gasteiger partial charge in [-0.25, -0.2) is 18.1 Å². The summed E-state index contributed by atoms with van der Waals surface area (Å²) in [5.41, 5.74) is 18.7. The first-order chi connectivity index (χ1) is 11.1. The standard InChI is InChI=1S/C14H25N7O2S/c1-4-21(8-7-18-24(3,22)23)11-5-6-12(10(2)9-11)19-14(17)20-13(15)16/h5-6,9,18H,4,7-8H2,1-3H3,(H6,15,16,17,19,20). The molecule has 0 amide bonds. The first-order valence-corrected chi connectivity index (χ1v) is 9.25. The van der Waals surface area contributed by atoms with Gasteiger partial charge in [-0.1, -0.05) is 0 Å². The third-order valence-electron chi connectivity index (χ3n) is 3.15. The van der Waals surface area contributed by atoms with Gasteiger partial charge in [0.1, 0.15) is 0 Å². The SMILES string of the molecule is CCN(CCNS(C)(=O)=O)c1ccc(N=C(N)N=C(N)N)c(C)c1. The fraction of sp³-hybridized carbons (Fsp3) is 0.429. The molecule has 1 aromatic carbocycles. The van der Waals surface area contributed by atoms with Crippen molar-refractivity contribution in [2.75, 3.05) is 30.8 Å². The van der Waals surface area contributed by atoms with Crippen molar-refractivity contribution >= 4 is 33.3 Å². The summed E-state index contributed by atoms with van der Waals surface area (Å²) in [6.07, 6.45) is 1.14. The second kappa shape index (κ2) is 8.50. The van der Waals surface area contributed by atoms with Crippen LogP contribution in [0.4, 0.5) is 11.4 Å². The molecule has 0 radical (unpaired) electrons. The van der Waals surface area contributed by atoms with Gasteiger partial charge in [-0.15, -0.1) is 0 Å². The molecule has 24 heavy (non-hydrogen) atoms. The summed E-state index contributed by atoms with van der Waals surface area (Å²) in [6.45, 7) is 5.53. The molecule has 0 saturated carbocycles. The molecule has 0 spiro atoms. The van der Waals surface area contributed by atoms with Gasteiger partial charge in [0, 0.05) is 25.3 Å². The maximum Gasteiger partial charge on any atom is 0.223 e. The lowest BCUT2D eigenvalue weighted by Gasteiger charge is -2.23. The van der Waals surface area contributed by atoms with Crippen LogP contribution in [0.5, 0.6) is 0 Å². The van der Waals surface area contributed by atoms with Gasteiger partial charge in [0.25, 0.3) is 0 Å². The molecule has 0 atom stereocenters. The van der Waals surface area contributed by atoms with E-state index in [1.54, 1.807) is 0 Å². The smallest absolute Gasteiger partial charge is 0.223 e. The maximum atomic E-state index is 11.1. The van der Waals surface area contributed by atoms with E-state index in [9.17, 15) is 8.42 Å². The lowest BCUT2D eigenvalue weighted by atomic mass is 10.1. The Morgan fingerprint density at radius 1 is 1.29 bits per heavy atom. The number of likely N-dealkylation sites (N-methyl/N-ethyl adjacent to an activating group) is 1. The predicted octanol–water partition coefficient (Wildman–Crippen LogP) is -0.410. The first-order valence-electron chi connectivity index (χ1n) is 7.36. The molecular formula is C14H25N7O2S. The highest BCUT2D eigenvalue weighted by atomic mass is 32.2. The molecule has 0 unspecified atom stereocenters. The monoisotopic (exact) mass is 355 g/mol. The molecule has 7 N–H and O–H groups in total. The number of guanidine groups is 2. The molecule has 134 valence electrons. The molecule has 0 fully saturated rings. The Kier molecular flexibility index (Phi) is 6.98. The van der Waals surface area contributed by atoms with Crippen LogP contribution in [0.2, 0.25) is 0 Å². The van der Waals surface area contributed by atoms with E-state index in [-0.39, 0.29) is 11.9 Å². The number of hydrogen-bond donors (Lipinski definition) is 4. The van der Waals surface area contributed by atoms with Crippen molar-refractivity contribution in [3.8, 4) is 0 Å². The van der Waals surface area contributed by atoms with Gasteiger partial charge in [-0.3, -0.25) is 0 Å². The zero-order chi connectivity index (χ0) is 18.3. The van der Waals surface area contributed by atoms with Gasteiger partial charge in [0.15, 0.2) is 5.96 Å². The number of aryl methyl sites for hydroxylation is 1. The van der Waals surface area contributed by atoms with E-state index < -0.39 is 10.0 Å². The van der Waals surface area contributed by atoms with Crippen LogP contribution in [0.25, 0.3) is 0 Å². The normalized spacial score (nSPS) is 12.0. The number of nitrogens with two attached hydrogens (primary N) is 3. The predicted molar refractivity (Wildman–Crippen MR) is 99.0 cm³/mol. The van der Waals surface area contributed by atoms with E-state index in [2.05, 4.69) is 19.6 Å². The van der Waals surface area contributed by atoms with Crippen molar-refractivity contribution < 1.29 is 8.42 Å². The van der Waals surface area contributed by atoms with Crippen molar-refractivity contribution in [1.82, 2.24) is 4.72 Å². The van der Waals surface area contributed by atoms with E-state index in [0.717, 1.165) is 24.1 Å². The molecule has 0 saturated heterocycles. The molecule has 0 heterocycles. The molecule has 0 bridgehead atoms. The quantitative estimate of drug-likeness (QED) is 0.385. The average molecular weight is 355 g/mol. The molecule has 0 aromatic heterocycles. The summed E-state index contributed by atoms with van der Waals surface area (Å²) in [5.74, 6) is -0.170. The third-order valence-corrected chi connectivity index (χ3v) is 3.88. The van der Waals surface area contributed by atoms with Crippen molar-refractivity contribution in [2.24, 2.45) is 27.2 Å². The highest BCUT2D eigenvalue weighted by Gasteiger charge is 2.08. The topological polar surface area (TPSA) is 152 Å². The van der Waals surface area contributed by atoms with Crippen LogP contribution in [0.15, 0.2) is 28.2 Å².